The molecule has 0 aliphatic rings. The van der Waals surface area contributed by atoms with Crippen molar-refractivity contribution in [1.29, 1.82) is 0 Å². The molecule has 3 rings (SSSR count). The Morgan fingerprint density at radius 2 is 1.69 bits per heavy atom. The van der Waals surface area contributed by atoms with Gasteiger partial charge in [-0.2, -0.15) is 5.10 Å². The number of carbonyl (C=O) groups excluding carboxylic acids is 2. The van der Waals surface area contributed by atoms with Gasteiger partial charge in [0.1, 0.15) is 11.4 Å². The van der Waals surface area contributed by atoms with Crippen LogP contribution in [0.1, 0.15) is 21.5 Å². The first kappa shape index (κ1) is 23.7. The first-order valence-corrected chi connectivity index (χ1v) is 11.2. The third-order valence-electron chi connectivity index (χ3n) is 4.15. The lowest BCUT2D eigenvalue weighted by molar-refractivity contribution is -0.117. The number of hydrogen-bond acceptors (Lipinski definition) is 4. The smallest absolute Gasteiger partial charge is 0.287 e. The number of nitrogens with zero attached hydrogens (tertiary/aromatic N) is 1. The Hall–Kier alpha value is -2.94. The SMILES string of the molecule is O=C(N/N=C/c1cc(Br)cc(Br)c1O)/C(=C\c1ccccc1)NC(=O)c1ccccc1Cl. The van der Waals surface area contributed by atoms with Crippen LogP contribution in [0.4, 0.5) is 0 Å². The van der Waals surface area contributed by atoms with Crippen molar-refractivity contribution in [3.8, 4) is 5.75 Å². The van der Waals surface area contributed by atoms with Crippen molar-refractivity contribution in [3.05, 3.63) is 103 Å². The monoisotopic (exact) mass is 575 g/mol. The fraction of sp³-hybridized carbons (Fsp3) is 0. The number of phenols is 1. The fourth-order valence-corrected chi connectivity index (χ4v) is 4.09. The molecule has 9 heteroatoms. The van der Waals surface area contributed by atoms with Crippen molar-refractivity contribution in [2.45, 2.75) is 0 Å². The number of rotatable bonds is 6. The molecule has 0 saturated heterocycles. The van der Waals surface area contributed by atoms with Crippen LogP contribution in [0.3, 0.4) is 0 Å². The average molecular weight is 578 g/mol. The van der Waals surface area contributed by atoms with Gasteiger partial charge in [-0.25, -0.2) is 5.43 Å². The molecular formula is C23H16Br2ClN3O3. The number of hydrogen-bond donors (Lipinski definition) is 3. The zero-order valence-electron chi connectivity index (χ0n) is 16.4. The summed E-state index contributed by atoms with van der Waals surface area (Å²) in [6.45, 7) is 0. The molecule has 0 aromatic heterocycles. The molecule has 0 unspecified atom stereocenters. The van der Waals surface area contributed by atoms with Gasteiger partial charge < -0.3 is 10.4 Å². The number of amides is 2. The zero-order chi connectivity index (χ0) is 23.1. The van der Waals surface area contributed by atoms with Gasteiger partial charge in [-0.1, -0.05) is 70.0 Å². The van der Waals surface area contributed by atoms with E-state index in [0.717, 1.165) is 0 Å². The highest BCUT2D eigenvalue weighted by atomic mass is 79.9. The van der Waals surface area contributed by atoms with Crippen molar-refractivity contribution < 1.29 is 14.7 Å². The van der Waals surface area contributed by atoms with E-state index in [0.29, 0.717) is 20.1 Å². The van der Waals surface area contributed by atoms with E-state index in [2.05, 4.69) is 47.7 Å². The molecule has 3 aromatic rings. The van der Waals surface area contributed by atoms with Crippen molar-refractivity contribution in [1.82, 2.24) is 10.7 Å². The number of aromatic hydroxyl groups is 1. The Labute approximate surface area is 206 Å². The summed E-state index contributed by atoms with van der Waals surface area (Å²) >= 11 is 12.7. The molecule has 0 radical (unpaired) electrons. The van der Waals surface area contributed by atoms with Crippen molar-refractivity contribution in [2.75, 3.05) is 0 Å². The van der Waals surface area contributed by atoms with Crippen LogP contribution in [0, 0.1) is 0 Å². The molecule has 0 heterocycles. The highest BCUT2D eigenvalue weighted by Gasteiger charge is 2.16. The predicted molar refractivity (Wildman–Crippen MR) is 133 cm³/mol. The second kappa shape index (κ2) is 11.1. The normalized spacial score (nSPS) is 11.4. The van der Waals surface area contributed by atoms with Crippen LogP contribution < -0.4 is 10.7 Å². The minimum absolute atomic E-state index is 0.0294. The van der Waals surface area contributed by atoms with Gasteiger partial charge in [0.25, 0.3) is 11.8 Å². The van der Waals surface area contributed by atoms with E-state index in [9.17, 15) is 14.7 Å². The molecule has 0 atom stereocenters. The van der Waals surface area contributed by atoms with Crippen LogP contribution in [0.15, 0.2) is 86.5 Å². The Morgan fingerprint density at radius 1 is 1.00 bits per heavy atom. The summed E-state index contributed by atoms with van der Waals surface area (Å²) in [6, 6.07) is 18.9. The molecule has 162 valence electrons. The van der Waals surface area contributed by atoms with Crippen molar-refractivity contribution in [2.24, 2.45) is 5.10 Å². The first-order chi connectivity index (χ1) is 15.3. The summed E-state index contributed by atoms with van der Waals surface area (Å²) < 4.78 is 1.18. The number of benzene rings is 3. The van der Waals surface area contributed by atoms with E-state index in [1.807, 2.05) is 18.2 Å². The van der Waals surface area contributed by atoms with E-state index in [-0.39, 0.29) is 22.0 Å². The third-order valence-corrected chi connectivity index (χ3v) is 5.54. The van der Waals surface area contributed by atoms with Crippen LogP contribution in [0.2, 0.25) is 5.02 Å². The Morgan fingerprint density at radius 3 is 2.41 bits per heavy atom. The summed E-state index contributed by atoms with van der Waals surface area (Å²) in [4.78, 5) is 25.5. The van der Waals surface area contributed by atoms with Crippen LogP contribution in [-0.2, 0) is 4.79 Å². The molecule has 32 heavy (non-hydrogen) atoms. The molecule has 3 N–H and O–H groups in total. The fourth-order valence-electron chi connectivity index (χ4n) is 2.61. The minimum Gasteiger partial charge on any atom is -0.506 e. The minimum atomic E-state index is -0.654. The Kier molecular flexibility index (Phi) is 8.21. The van der Waals surface area contributed by atoms with Crippen molar-refractivity contribution in [3.63, 3.8) is 0 Å². The molecule has 0 aliphatic heterocycles. The highest BCUT2D eigenvalue weighted by molar-refractivity contribution is 9.11. The van der Waals surface area contributed by atoms with Gasteiger partial charge in [-0.05, 0) is 51.8 Å². The lowest BCUT2D eigenvalue weighted by Crippen LogP contribution is -2.33. The van der Waals surface area contributed by atoms with Crippen LogP contribution in [-0.4, -0.2) is 23.1 Å². The van der Waals surface area contributed by atoms with E-state index >= 15 is 0 Å². The Bertz CT molecular complexity index is 1210. The molecule has 0 aliphatic carbocycles. The topological polar surface area (TPSA) is 90.8 Å². The maximum Gasteiger partial charge on any atom is 0.287 e. The maximum absolute atomic E-state index is 12.8. The predicted octanol–water partition coefficient (Wildman–Crippen LogP) is 5.49. The first-order valence-electron chi connectivity index (χ1n) is 9.19. The molecule has 0 spiro atoms. The second-order valence-corrected chi connectivity index (χ2v) is 8.60. The molecule has 6 nitrogen and oxygen atoms in total. The van der Waals surface area contributed by atoms with Gasteiger partial charge in [0.2, 0.25) is 0 Å². The highest BCUT2D eigenvalue weighted by Crippen LogP contribution is 2.30. The zero-order valence-corrected chi connectivity index (χ0v) is 20.3. The molecule has 3 aromatic carbocycles. The number of nitrogens with one attached hydrogen (secondary N) is 2. The molecule has 0 bridgehead atoms. The number of hydrazone groups is 1. The Balaban J connectivity index is 1.83. The summed E-state index contributed by atoms with van der Waals surface area (Å²) in [5, 5.41) is 16.9. The van der Waals surface area contributed by atoms with Gasteiger partial charge in [0.05, 0.1) is 21.3 Å². The molecular weight excluding hydrogens is 562 g/mol. The summed E-state index contributed by atoms with van der Waals surface area (Å²) in [5.41, 5.74) is 3.64. The summed E-state index contributed by atoms with van der Waals surface area (Å²) in [5.74, 6) is -1.22. The number of phenolic OH excluding ortho intramolecular Hbond substituents is 1. The summed E-state index contributed by atoms with van der Waals surface area (Å²) in [7, 11) is 0. The summed E-state index contributed by atoms with van der Waals surface area (Å²) in [6.07, 6.45) is 2.81. The number of halogens is 3. The molecule has 0 saturated carbocycles. The lowest BCUT2D eigenvalue weighted by atomic mass is 10.1. The van der Waals surface area contributed by atoms with Gasteiger partial charge in [-0.3, -0.25) is 9.59 Å². The van der Waals surface area contributed by atoms with Gasteiger partial charge in [0, 0.05) is 10.0 Å². The van der Waals surface area contributed by atoms with E-state index < -0.39 is 11.8 Å². The van der Waals surface area contributed by atoms with Crippen LogP contribution in [0.25, 0.3) is 6.08 Å². The second-order valence-electron chi connectivity index (χ2n) is 6.43. The van der Waals surface area contributed by atoms with Crippen LogP contribution >= 0.6 is 43.5 Å². The third kappa shape index (κ3) is 6.29. The van der Waals surface area contributed by atoms with E-state index in [4.69, 9.17) is 11.6 Å². The standard InChI is InChI=1S/C23H16Br2ClN3O3/c24-16-11-15(21(30)18(25)12-16)13-27-29-23(32)20(10-14-6-2-1-3-7-14)28-22(31)17-8-4-5-9-19(17)26/h1-13,30H,(H,28,31)(H,29,32)/b20-10+,27-13+. The van der Waals surface area contributed by atoms with Crippen molar-refractivity contribution >= 4 is 67.6 Å². The van der Waals surface area contributed by atoms with E-state index in [1.54, 1.807) is 48.5 Å². The quantitative estimate of drug-likeness (QED) is 0.206. The van der Waals surface area contributed by atoms with Gasteiger partial charge in [0.15, 0.2) is 0 Å². The molecule has 2 amide bonds. The average Bonchev–Trinajstić information content (AvgIpc) is 2.77. The maximum atomic E-state index is 12.8. The van der Waals surface area contributed by atoms with Gasteiger partial charge >= 0.3 is 0 Å². The van der Waals surface area contributed by atoms with Gasteiger partial charge in [-0.15, -0.1) is 0 Å². The van der Waals surface area contributed by atoms with E-state index in [1.165, 1.54) is 12.3 Å². The molecule has 0 fully saturated rings. The number of carbonyl (C=O) groups is 2. The largest absolute Gasteiger partial charge is 0.506 e. The lowest BCUT2D eigenvalue weighted by Gasteiger charge is -2.10. The van der Waals surface area contributed by atoms with Crippen LogP contribution in [0.5, 0.6) is 5.75 Å².